The van der Waals surface area contributed by atoms with Crippen molar-refractivity contribution >= 4 is 11.9 Å². The number of unbranched alkanes of at least 4 members (excludes halogenated alkanes) is 16. The summed E-state index contributed by atoms with van der Waals surface area (Å²) in [4.78, 5) is 24.6. The molecular weight excluding hydrogens is 981 g/mol. The molecule has 0 spiro atoms. The number of rotatable bonds is 56. The highest BCUT2D eigenvalue weighted by Crippen LogP contribution is 2.15. The van der Waals surface area contributed by atoms with Crippen molar-refractivity contribution in [3.05, 3.63) is 194 Å². The Labute approximate surface area is 492 Å². The van der Waals surface area contributed by atoms with Gasteiger partial charge >= 0.3 is 11.9 Å². The van der Waals surface area contributed by atoms with Crippen LogP contribution in [0.4, 0.5) is 0 Å². The van der Waals surface area contributed by atoms with Crippen molar-refractivity contribution in [1.82, 2.24) is 0 Å². The molecule has 0 radical (unpaired) electrons. The van der Waals surface area contributed by atoms with Crippen LogP contribution in [-0.2, 0) is 19.1 Å². The van der Waals surface area contributed by atoms with Crippen LogP contribution in [0.15, 0.2) is 194 Å². The summed E-state index contributed by atoms with van der Waals surface area (Å²) in [5, 5.41) is 9.67. The molecule has 0 saturated heterocycles. The van der Waals surface area contributed by atoms with Crippen molar-refractivity contribution < 1.29 is 24.2 Å². The van der Waals surface area contributed by atoms with Gasteiger partial charge in [0.25, 0.3) is 0 Å². The predicted molar refractivity (Wildman–Crippen MR) is 352 cm³/mol. The first-order chi connectivity index (χ1) is 39.6. The second kappa shape index (κ2) is 68.0. The fraction of sp³-hybridized carbons (Fsp3) is 0.547. The molecule has 0 bridgehead atoms. The number of allylic oxidation sites excluding steroid dienone is 32. The van der Waals surface area contributed by atoms with Crippen molar-refractivity contribution in [3.63, 3.8) is 0 Å². The maximum atomic E-state index is 12.3. The van der Waals surface area contributed by atoms with E-state index >= 15 is 0 Å². The first-order valence-electron chi connectivity index (χ1n) is 32.0. The van der Waals surface area contributed by atoms with E-state index in [0.717, 1.165) is 135 Å². The summed E-state index contributed by atoms with van der Waals surface area (Å²) < 4.78 is 10.7. The van der Waals surface area contributed by atoms with E-state index < -0.39 is 6.10 Å². The highest BCUT2D eigenvalue weighted by molar-refractivity contribution is 5.70. The molecule has 0 aliphatic rings. The summed E-state index contributed by atoms with van der Waals surface area (Å²) in [6.45, 7) is 3.87. The molecule has 1 unspecified atom stereocenters. The lowest BCUT2D eigenvalue weighted by Crippen LogP contribution is -2.28. The molecule has 0 aliphatic heterocycles. The summed E-state index contributed by atoms with van der Waals surface area (Å²) in [6, 6.07) is 0. The van der Waals surface area contributed by atoms with Gasteiger partial charge in [0.2, 0.25) is 0 Å². The number of esters is 2. The monoisotopic (exact) mass is 1100 g/mol. The van der Waals surface area contributed by atoms with Crippen LogP contribution < -0.4 is 0 Å². The lowest BCUT2D eigenvalue weighted by molar-refractivity contribution is -0.161. The largest absolute Gasteiger partial charge is 0.462 e. The maximum Gasteiger partial charge on any atom is 0.306 e. The van der Waals surface area contributed by atoms with Crippen LogP contribution >= 0.6 is 0 Å². The third-order valence-electron chi connectivity index (χ3n) is 12.9. The zero-order valence-electron chi connectivity index (χ0n) is 51.0. The highest BCUT2D eigenvalue weighted by Gasteiger charge is 2.16. The van der Waals surface area contributed by atoms with Crippen molar-refractivity contribution in [3.8, 4) is 0 Å². The van der Waals surface area contributed by atoms with E-state index in [0.29, 0.717) is 12.8 Å². The molecule has 5 nitrogen and oxygen atoms in total. The molecule has 1 N–H and O–H groups in total. The smallest absolute Gasteiger partial charge is 0.306 e. The number of aliphatic hydroxyl groups is 1. The van der Waals surface area contributed by atoms with Crippen LogP contribution in [0.5, 0.6) is 0 Å². The molecule has 0 amide bonds. The van der Waals surface area contributed by atoms with E-state index in [1.165, 1.54) is 77.0 Å². The summed E-state index contributed by atoms with van der Waals surface area (Å²) >= 11 is 0. The van der Waals surface area contributed by atoms with Gasteiger partial charge in [0.1, 0.15) is 6.61 Å². The Balaban J connectivity index is 3.67. The van der Waals surface area contributed by atoms with Crippen LogP contribution in [-0.4, -0.2) is 36.4 Å². The van der Waals surface area contributed by atoms with E-state index in [-0.39, 0.29) is 31.6 Å². The van der Waals surface area contributed by atoms with E-state index in [1.807, 2.05) is 0 Å². The number of aliphatic hydroxyl groups excluding tert-OH is 1. The summed E-state index contributed by atoms with van der Waals surface area (Å²) in [7, 11) is 0. The minimum atomic E-state index is -0.811. The minimum Gasteiger partial charge on any atom is -0.462 e. The molecule has 0 aromatic heterocycles. The number of carbonyl (C=O) groups excluding carboxylic acids is 2. The Morgan fingerprint density at radius 2 is 0.500 bits per heavy atom. The van der Waals surface area contributed by atoms with Gasteiger partial charge in [-0.3, -0.25) is 9.59 Å². The topological polar surface area (TPSA) is 72.8 Å². The molecule has 0 heterocycles. The van der Waals surface area contributed by atoms with Gasteiger partial charge < -0.3 is 14.6 Å². The van der Waals surface area contributed by atoms with Crippen LogP contribution in [0, 0.1) is 0 Å². The van der Waals surface area contributed by atoms with Gasteiger partial charge in [0, 0.05) is 12.8 Å². The third-order valence-corrected chi connectivity index (χ3v) is 12.9. The molecule has 0 rings (SSSR count). The molecule has 80 heavy (non-hydrogen) atoms. The van der Waals surface area contributed by atoms with E-state index in [4.69, 9.17) is 9.47 Å². The number of hydrogen-bond donors (Lipinski definition) is 1. The molecule has 0 aromatic rings. The second-order valence-corrected chi connectivity index (χ2v) is 20.4. The van der Waals surface area contributed by atoms with Crippen LogP contribution in [0.25, 0.3) is 0 Å². The van der Waals surface area contributed by atoms with Crippen molar-refractivity contribution in [2.75, 3.05) is 13.2 Å². The number of hydrogen-bond acceptors (Lipinski definition) is 5. The van der Waals surface area contributed by atoms with Crippen molar-refractivity contribution in [2.45, 2.75) is 251 Å². The van der Waals surface area contributed by atoms with Gasteiger partial charge in [0.05, 0.1) is 6.61 Å². The number of carbonyl (C=O) groups is 2. The standard InChI is InChI=1S/C75H116O5/c1-3-5-7-9-11-13-15-17-19-21-23-25-27-29-31-32-33-34-35-36-37-38-39-40-41-42-44-46-48-50-52-54-56-58-60-62-64-66-68-70-75(78)80-73(71-76)72-79-74(77)69-67-65-63-61-59-57-55-53-51-49-47-45-43-30-28-26-24-22-20-18-16-14-12-10-8-6-4-2/h5-8,11-14,17-20,23-26,29,31,33-34,36-37,39-40,42,44,48,50,54,56,60,62,73,76H,3-4,9-10,15-16,21-22,27-28,30,32,35,38,41,43,45-47,49,51-53,55,57-59,61,63-72H2,1-2H3/b7-5-,8-6-,13-11-,14-12-,19-17-,20-18-,25-23-,26-24-,31-29-,34-33-,37-36-,40-39-,44-42-,50-48-,56-54-,62-60-. The Kier molecular flexibility index (Phi) is 63.5. The van der Waals surface area contributed by atoms with Crippen molar-refractivity contribution in [1.29, 1.82) is 0 Å². The van der Waals surface area contributed by atoms with Crippen molar-refractivity contribution in [2.24, 2.45) is 0 Å². The maximum absolute atomic E-state index is 12.3. The highest BCUT2D eigenvalue weighted by atomic mass is 16.6. The third kappa shape index (κ3) is 65.3. The van der Waals surface area contributed by atoms with Gasteiger partial charge in [-0.05, 0) is 141 Å². The molecule has 0 aliphatic carbocycles. The fourth-order valence-corrected chi connectivity index (χ4v) is 8.17. The molecular formula is C75H116O5. The van der Waals surface area contributed by atoms with Gasteiger partial charge in [-0.2, -0.15) is 0 Å². The Morgan fingerprint density at radius 3 is 0.775 bits per heavy atom. The normalized spacial score (nSPS) is 13.6. The lowest BCUT2D eigenvalue weighted by atomic mass is 10.0. The average molecular weight is 1100 g/mol. The first-order valence-corrected chi connectivity index (χ1v) is 32.0. The van der Waals surface area contributed by atoms with E-state index in [2.05, 4.69) is 208 Å². The molecule has 446 valence electrons. The summed E-state index contributed by atoms with van der Waals surface area (Å²) in [6.07, 6.45) is 108. The fourth-order valence-electron chi connectivity index (χ4n) is 8.17. The minimum absolute atomic E-state index is 0.0958. The molecule has 1 atom stereocenters. The SMILES string of the molecule is CC/C=C\C/C=C\C/C=C\C/C=C\C/C=C\C/C=C\C/C=C\C/C=C\C/C=C\C/C=C\C/C=C\C/C=C\CCCCC(=O)OC(CO)COC(=O)CCCCCCCCCCCCCCCC/C=C\C/C=C\C/C=C\C/C=C\CC. The first kappa shape index (κ1) is 74.7. The van der Waals surface area contributed by atoms with Crippen LogP contribution in [0.2, 0.25) is 0 Å². The second-order valence-electron chi connectivity index (χ2n) is 20.4. The van der Waals surface area contributed by atoms with E-state index in [9.17, 15) is 14.7 Å². The zero-order chi connectivity index (χ0) is 57.6. The lowest BCUT2D eigenvalue weighted by Gasteiger charge is -2.15. The van der Waals surface area contributed by atoms with Gasteiger partial charge in [-0.1, -0.05) is 285 Å². The van der Waals surface area contributed by atoms with E-state index in [1.54, 1.807) is 0 Å². The molecule has 0 aromatic carbocycles. The molecule has 0 fully saturated rings. The summed E-state index contributed by atoms with van der Waals surface area (Å²) in [5.41, 5.74) is 0. The number of ether oxygens (including phenoxy) is 2. The Morgan fingerprint density at radius 1 is 0.287 bits per heavy atom. The van der Waals surface area contributed by atoms with Gasteiger partial charge in [-0.15, -0.1) is 0 Å². The van der Waals surface area contributed by atoms with Gasteiger partial charge in [0.15, 0.2) is 6.10 Å². The zero-order valence-corrected chi connectivity index (χ0v) is 51.0. The average Bonchev–Trinajstić information content (AvgIpc) is 3.46. The van der Waals surface area contributed by atoms with Crippen LogP contribution in [0.1, 0.15) is 245 Å². The summed E-state index contributed by atoms with van der Waals surface area (Å²) in [5.74, 6) is -0.654. The Bertz CT molecular complexity index is 1870. The predicted octanol–water partition coefficient (Wildman–Crippen LogP) is 22.4. The Hall–Kier alpha value is -5.26. The molecule has 5 heteroatoms. The quantitative estimate of drug-likeness (QED) is 0.0373. The van der Waals surface area contributed by atoms with Gasteiger partial charge in [-0.25, -0.2) is 0 Å². The molecule has 0 saturated carbocycles. The van der Waals surface area contributed by atoms with Crippen LogP contribution in [0.3, 0.4) is 0 Å².